The molecular formula is C21H23N3O. The minimum atomic E-state index is 0.504. The Hall–Kier alpha value is -3.01. The van der Waals surface area contributed by atoms with E-state index in [1.54, 1.807) is 6.07 Å². The van der Waals surface area contributed by atoms with Gasteiger partial charge in [0.1, 0.15) is 5.75 Å². The number of nitrogens with one attached hydrogen (secondary N) is 2. The predicted molar refractivity (Wildman–Crippen MR) is 102 cm³/mol. The zero-order chi connectivity index (χ0) is 17.6. The van der Waals surface area contributed by atoms with Crippen molar-refractivity contribution in [3.63, 3.8) is 0 Å². The molecule has 1 aromatic heterocycles. The van der Waals surface area contributed by atoms with E-state index in [4.69, 9.17) is 10.1 Å². The number of aromatic nitrogens is 1. The van der Waals surface area contributed by atoms with E-state index in [9.17, 15) is 0 Å². The van der Waals surface area contributed by atoms with Gasteiger partial charge < -0.3 is 14.6 Å². The number of hydrogen-bond acceptors (Lipinski definition) is 3. The molecule has 0 aliphatic heterocycles. The van der Waals surface area contributed by atoms with Crippen molar-refractivity contribution in [2.24, 2.45) is 0 Å². The Morgan fingerprint density at radius 1 is 0.960 bits per heavy atom. The second-order valence-electron chi connectivity index (χ2n) is 5.85. The number of rotatable bonds is 6. The number of benzene rings is 2. The predicted octanol–water partition coefficient (Wildman–Crippen LogP) is 4.12. The molecule has 0 saturated carbocycles. The zero-order valence-electron chi connectivity index (χ0n) is 14.6. The second kappa shape index (κ2) is 7.71. The molecule has 2 N–H and O–H groups in total. The Balaban J connectivity index is 1.74. The molecule has 0 atom stereocenters. The van der Waals surface area contributed by atoms with Gasteiger partial charge in [-0.3, -0.25) is 5.41 Å². The topological polar surface area (TPSA) is 50.0 Å². The van der Waals surface area contributed by atoms with Gasteiger partial charge in [0, 0.05) is 26.0 Å². The lowest BCUT2D eigenvalue weighted by atomic mass is 10.0. The summed E-state index contributed by atoms with van der Waals surface area (Å²) in [6.07, 6.45) is 3.90. The first-order valence-electron chi connectivity index (χ1n) is 8.44. The molecule has 4 nitrogen and oxygen atoms in total. The lowest BCUT2D eigenvalue weighted by molar-refractivity contribution is 0.340. The van der Waals surface area contributed by atoms with Gasteiger partial charge in [-0.2, -0.15) is 0 Å². The molecule has 0 spiro atoms. The molecule has 0 unspecified atom stereocenters. The minimum absolute atomic E-state index is 0.504. The summed E-state index contributed by atoms with van der Waals surface area (Å²) in [7, 11) is 1.84. The van der Waals surface area contributed by atoms with Crippen molar-refractivity contribution in [1.29, 1.82) is 5.41 Å². The third-order valence-corrected chi connectivity index (χ3v) is 4.10. The fourth-order valence-electron chi connectivity index (χ4n) is 2.76. The average Bonchev–Trinajstić information content (AvgIpc) is 2.65. The molecule has 25 heavy (non-hydrogen) atoms. The van der Waals surface area contributed by atoms with Gasteiger partial charge in [-0.1, -0.05) is 36.4 Å². The zero-order valence-corrected chi connectivity index (χ0v) is 14.6. The number of pyridine rings is 1. The molecule has 0 fully saturated rings. The Morgan fingerprint density at radius 2 is 1.60 bits per heavy atom. The van der Waals surface area contributed by atoms with E-state index in [0.29, 0.717) is 12.0 Å². The highest BCUT2D eigenvalue weighted by atomic mass is 16.5. The van der Waals surface area contributed by atoms with Gasteiger partial charge in [0.15, 0.2) is 0 Å². The Bertz CT molecular complexity index is 880. The van der Waals surface area contributed by atoms with Crippen molar-refractivity contribution < 1.29 is 4.74 Å². The van der Waals surface area contributed by atoms with Crippen LogP contribution in [-0.4, -0.2) is 18.2 Å². The molecular weight excluding hydrogens is 310 g/mol. The SMILES string of the molecule is CCOc1ccc(-c2ccc(Cn3ccc(=N)c(NC)c3)cc2)cc1. The molecule has 2 aromatic carbocycles. The van der Waals surface area contributed by atoms with E-state index in [2.05, 4.69) is 46.3 Å². The standard InChI is InChI=1S/C21H23N3O/c1-3-25-19-10-8-18(9-11-19)17-6-4-16(5-7-17)14-24-13-12-20(22)21(15-24)23-2/h4-13,15,22-23H,3,14H2,1-2H3. The summed E-state index contributed by atoms with van der Waals surface area (Å²) >= 11 is 0. The highest BCUT2D eigenvalue weighted by Crippen LogP contribution is 2.23. The fourth-order valence-corrected chi connectivity index (χ4v) is 2.76. The summed E-state index contributed by atoms with van der Waals surface area (Å²) in [4.78, 5) is 0. The van der Waals surface area contributed by atoms with Crippen molar-refractivity contribution in [3.05, 3.63) is 77.9 Å². The molecule has 3 aromatic rings. The van der Waals surface area contributed by atoms with Crippen LogP contribution >= 0.6 is 0 Å². The molecule has 0 bridgehead atoms. The van der Waals surface area contributed by atoms with Crippen LogP contribution in [0.3, 0.4) is 0 Å². The van der Waals surface area contributed by atoms with Crippen LogP contribution in [0.5, 0.6) is 5.75 Å². The van der Waals surface area contributed by atoms with E-state index < -0.39 is 0 Å². The van der Waals surface area contributed by atoms with Crippen LogP contribution in [0.1, 0.15) is 12.5 Å². The summed E-state index contributed by atoms with van der Waals surface area (Å²) in [6, 6.07) is 18.6. The van der Waals surface area contributed by atoms with E-state index in [1.165, 1.54) is 16.7 Å². The molecule has 3 rings (SSSR count). The Labute approximate surface area is 148 Å². The van der Waals surface area contributed by atoms with Crippen LogP contribution in [0, 0.1) is 5.41 Å². The molecule has 1 heterocycles. The summed E-state index contributed by atoms with van der Waals surface area (Å²) in [5.74, 6) is 0.900. The van der Waals surface area contributed by atoms with Crippen LogP contribution in [0.25, 0.3) is 11.1 Å². The molecule has 0 amide bonds. The molecule has 0 saturated heterocycles. The smallest absolute Gasteiger partial charge is 0.119 e. The summed E-state index contributed by atoms with van der Waals surface area (Å²) in [5.41, 5.74) is 4.42. The van der Waals surface area contributed by atoms with Crippen molar-refractivity contribution in [3.8, 4) is 16.9 Å². The Morgan fingerprint density at radius 3 is 2.20 bits per heavy atom. The first kappa shape index (κ1) is 16.8. The van der Waals surface area contributed by atoms with Gasteiger partial charge in [-0.25, -0.2) is 0 Å². The van der Waals surface area contributed by atoms with Gasteiger partial charge >= 0.3 is 0 Å². The molecule has 0 aliphatic rings. The molecule has 0 radical (unpaired) electrons. The van der Waals surface area contributed by atoms with Crippen molar-refractivity contribution in [1.82, 2.24) is 4.57 Å². The normalized spacial score (nSPS) is 10.5. The van der Waals surface area contributed by atoms with Gasteiger partial charge in [-0.15, -0.1) is 0 Å². The lowest BCUT2D eigenvalue weighted by Gasteiger charge is -2.10. The average molecular weight is 333 g/mol. The number of hydrogen-bond donors (Lipinski definition) is 2. The first-order chi connectivity index (χ1) is 12.2. The number of ether oxygens (including phenoxy) is 1. The van der Waals surface area contributed by atoms with Crippen LogP contribution in [-0.2, 0) is 6.54 Å². The van der Waals surface area contributed by atoms with Gasteiger partial charge in [0.25, 0.3) is 0 Å². The maximum Gasteiger partial charge on any atom is 0.119 e. The summed E-state index contributed by atoms with van der Waals surface area (Å²) in [6.45, 7) is 3.45. The number of nitrogens with zero attached hydrogens (tertiary/aromatic N) is 1. The van der Waals surface area contributed by atoms with E-state index in [-0.39, 0.29) is 0 Å². The largest absolute Gasteiger partial charge is 0.494 e. The highest BCUT2D eigenvalue weighted by Gasteiger charge is 2.01. The minimum Gasteiger partial charge on any atom is -0.494 e. The lowest BCUT2D eigenvalue weighted by Crippen LogP contribution is -2.11. The number of anilines is 1. The van der Waals surface area contributed by atoms with Gasteiger partial charge in [-0.05, 0) is 41.8 Å². The maximum absolute atomic E-state index is 7.83. The van der Waals surface area contributed by atoms with Crippen LogP contribution in [0.15, 0.2) is 67.0 Å². The Kier molecular flexibility index (Phi) is 5.19. The third-order valence-electron chi connectivity index (χ3n) is 4.10. The summed E-state index contributed by atoms with van der Waals surface area (Å²) in [5, 5.41) is 11.4. The van der Waals surface area contributed by atoms with E-state index in [0.717, 1.165) is 18.0 Å². The summed E-state index contributed by atoms with van der Waals surface area (Å²) < 4.78 is 7.57. The second-order valence-corrected chi connectivity index (χ2v) is 5.85. The highest BCUT2D eigenvalue weighted by molar-refractivity contribution is 5.64. The fraction of sp³-hybridized carbons (Fsp3) is 0.190. The van der Waals surface area contributed by atoms with Crippen LogP contribution in [0.2, 0.25) is 0 Å². The molecule has 128 valence electrons. The van der Waals surface area contributed by atoms with Crippen molar-refractivity contribution in [2.75, 3.05) is 19.0 Å². The van der Waals surface area contributed by atoms with Crippen molar-refractivity contribution >= 4 is 5.69 Å². The van der Waals surface area contributed by atoms with Crippen LogP contribution in [0.4, 0.5) is 5.69 Å². The molecule has 0 aliphatic carbocycles. The van der Waals surface area contributed by atoms with Crippen LogP contribution < -0.4 is 15.4 Å². The van der Waals surface area contributed by atoms with Crippen molar-refractivity contribution in [2.45, 2.75) is 13.5 Å². The first-order valence-corrected chi connectivity index (χ1v) is 8.44. The van der Waals surface area contributed by atoms with Gasteiger partial charge in [0.05, 0.1) is 17.7 Å². The van der Waals surface area contributed by atoms with E-state index in [1.807, 2.05) is 38.5 Å². The van der Waals surface area contributed by atoms with E-state index >= 15 is 0 Å². The quantitative estimate of drug-likeness (QED) is 0.713. The van der Waals surface area contributed by atoms with Gasteiger partial charge in [0.2, 0.25) is 0 Å². The monoisotopic (exact) mass is 333 g/mol. The molecule has 4 heteroatoms. The maximum atomic E-state index is 7.83. The third kappa shape index (κ3) is 4.10.